The number of halogens is 1. The third-order valence-electron chi connectivity index (χ3n) is 14.7. The van der Waals surface area contributed by atoms with Gasteiger partial charge in [0.15, 0.2) is 53.4 Å². The van der Waals surface area contributed by atoms with Gasteiger partial charge in [0.1, 0.15) is 61.3 Å². The second-order valence-electron chi connectivity index (χ2n) is 21.9. The number of rotatable bonds is 25. The van der Waals surface area contributed by atoms with Gasteiger partial charge in [-0.05, 0) is 60.1 Å². The molecule has 36 nitrogen and oxygen atoms in total. The third kappa shape index (κ3) is 18.7. The number of fused-ring (bicyclic) bond motifs is 4. The Morgan fingerprint density at radius 2 is 1.39 bits per heavy atom. The van der Waals surface area contributed by atoms with Crippen LogP contribution in [0.4, 0.5) is 36.1 Å². The van der Waals surface area contributed by atoms with Crippen LogP contribution in [0.25, 0.3) is 22.3 Å². The number of urea groups is 1. The zero-order valence-electron chi connectivity index (χ0n) is 50.2. The summed E-state index contributed by atoms with van der Waals surface area (Å²) in [5.41, 5.74) is 18.4. The Morgan fingerprint density at radius 3 is 1.99 bits per heavy atom. The molecule has 0 saturated carbocycles. The van der Waals surface area contributed by atoms with Gasteiger partial charge >= 0.3 is 37.7 Å². The molecule has 506 valence electrons. The number of Topliss-reactive ketones (excluding diaryl/α,β-unsaturated/α-hetero) is 1. The SMILES string of the molecule is CC(CC(=O)O)C(=O)NCCC(=O)N[C@H](C(=O)C[C@@H](CCCNC(N)=O)C(=O)Nc1ccc(COC(=O)N(C)CCOC(=O)O[C@@H]2C3OP(O)(=S)OC[C@H]4O[C@@H](n5cnc6c(N)ncnc65)[C@H](F)[C@@H]4OP(O)(=S)OC[C@H]3O[C@H]2n2cnc3c(N)ncnc32)cc1)C(C)C. The van der Waals surface area contributed by atoms with Gasteiger partial charge in [-0.15, -0.1) is 0 Å². The number of carbonyl (C=O) groups is 8. The van der Waals surface area contributed by atoms with Crippen molar-refractivity contribution in [1.82, 2.24) is 59.9 Å². The Balaban J connectivity index is 0.859. The van der Waals surface area contributed by atoms with Gasteiger partial charge in [-0.1, -0.05) is 32.9 Å². The Labute approximate surface area is 538 Å². The molecule has 8 rings (SSSR count). The molecule has 0 spiro atoms. The maximum atomic E-state index is 16.5. The number of nitrogens with two attached hydrogens (primary N) is 3. The summed E-state index contributed by atoms with van der Waals surface area (Å²) < 4.78 is 71.2. The number of aliphatic carboxylic acids is 1. The molecule has 0 aliphatic carbocycles. The number of aromatic nitrogens is 8. The van der Waals surface area contributed by atoms with Crippen LogP contribution in [0.2, 0.25) is 0 Å². The monoisotopic (exact) mass is 1380 g/mol. The lowest BCUT2D eigenvalue weighted by Crippen LogP contribution is -2.46. The highest BCUT2D eigenvalue weighted by atomic mass is 32.5. The largest absolute Gasteiger partial charge is 0.508 e. The molecule has 4 unspecified atom stereocenters. The molecule has 0 radical (unpaired) electrons. The zero-order chi connectivity index (χ0) is 67.5. The van der Waals surface area contributed by atoms with Crippen molar-refractivity contribution in [3.8, 4) is 0 Å². The van der Waals surface area contributed by atoms with Gasteiger partial charge < -0.3 is 91.0 Å². The molecule has 4 aromatic heterocycles. The second-order valence-corrected chi connectivity index (χ2v) is 27.5. The summed E-state index contributed by atoms with van der Waals surface area (Å²) in [5, 5.41) is 19.4. The molecule has 93 heavy (non-hydrogen) atoms. The van der Waals surface area contributed by atoms with E-state index < -0.39 is 160 Å². The summed E-state index contributed by atoms with van der Waals surface area (Å²) >= 11 is 10.8. The molecule has 0 bridgehead atoms. The first kappa shape index (κ1) is 71.0. The van der Waals surface area contributed by atoms with Crippen molar-refractivity contribution in [1.29, 1.82) is 0 Å². The van der Waals surface area contributed by atoms with E-state index in [1.54, 1.807) is 26.0 Å². The van der Waals surface area contributed by atoms with E-state index in [4.69, 9.17) is 87.7 Å². The number of hydrogen-bond donors (Lipinski definition) is 10. The number of hydrogen-bond acceptors (Lipinski definition) is 27. The van der Waals surface area contributed by atoms with Crippen LogP contribution in [0.3, 0.4) is 0 Å². The Hall–Kier alpha value is -7.81. The lowest BCUT2D eigenvalue weighted by molar-refractivity contribution is -0.140. The molecule has 13 N–H and O–H groups in total. The predicted molar refractivity (Wildman–Crippen MR) is 327 cm³/mol. The molecule has 13 atom stereocenters. The number of carboxylic acids is 1. The van der Waals surface area contributed by atoms with Crippen molar-refractivity contribution in [2.24, 2.45) is 23.5 Å². The summed E-state index contributed by atoms with van der Waals surface area (Å²) in [6, 6.07) is 4.41. The minimum absolute atomic E-state index is 0.00384. The number of benzene rings is 1. The molecule has 7 heterocycles. The Morgan fingerprint density at radius 1 is 0.796 bits per heavy atom. The van der Waals surface area contributed by atoms with Gasteiger partial charge in [0, 0.05) is 50.5 Å². The first-order valence-electron chi connectivity index (χ1n) is 28.7. The van der Waals surface area contributed by atoms with E-state index in [2.05, 4.69) is 51.2 Å². The minimum atomic E-state index is -4.51. The Kier molecular flexibility index (Phi) is 24.0. The molecular weight excluding hydrogens is 1310 g/mol. The normalized spacial score (nSPS) is 24.8. The predicted octanol–water partition coefficient (Wildman–Crippen LogP) is 1.73. The molecule has 5 aromatic rings. The molecule has 3 saturated heterocycles. The molecule has 3 aliphatic rings. The van der Waals surface area contributed by atoms with Crippen molar-refractivity contribution in [2.75, 3.05) is 63.3 Å². The standard InChI is InChI=1S/C52H69FN16O20P2S2/c1-25(2)36(66-33(71)11-13-57-46(74)26(3)16-34(72)73)30(70)17-28(6-5-12-58-50(56)76)47(75)65-29-9-7-27(8-10-29)18-82-51(77)67(4)14-15-81-52(78)87-41-40-32(86-49(41)69-24-64-38-43(55)60-22-62-45(38)69)20-84-90(79,92)88-39-31(19-83-91(80,93)89-40)85-48(35(39)53)68-23-63-37-42(54)59-21-61-44(37)68/h7-10,21-26,28,31-32,35-36,39-41,48-49H,5-6,11-20H2,1-4H3,(H,57,74)(H,65,75)(H,66,71)(H,72,73)(H,79,92)(H,80,93)(H2,54,59,61)(H2,55,60,62)(H3,56,58,76)/t26?,28-,31-,32-,35-,36+,39-,40?,41-,48-,49-,90?,91?/m1/s1. The number of nitrogen functional groups attached to an aromatic ring is 2. The van der Waals surface area contributed by atoms with Crippen LogP contribution in [0.15, 0.2) is 49.6 Å². The average molecular weight is 1380 g/mol. The number of nitrogens with one attached hydrogen (secondary N) is 4. The van der Waals surface area contributed by atoms with Crippen LogP contribution in [0, 0.1) is 17.8 Å². The summed E-state index contributed by atoms with van der Waals surface area (Å²) in [4.78, 5) is 151. The van der Waals surface area contributed by atoms with Gasteiger partial charge in [-0.3, -0.25) is 42.2 Å². The van der Waals surface area contributed by atoms with E-state index in [9.17, 15) is 48.1 Å². The Bertz CT molecular complexity index is 3650. The van der Waals surface area contributed by atoms with Crippen LogP contribution in [0.5, 0.6) is 0 Å². The van der Waals surface area contributed by atoms with Gasteiger partial charge in [0.25, 0.3) is 0 Å². The van der Waals surface area contributed by atoms with Gasteiger partial charge in [0.05, 0.1) is 44.9 Å². The van der Waals surface area contributed by atoms with Gasteiger partial charge in [-0.2, -0.15) is 0 Å². The fourth-order valence-electron chi connectivity index (χ4n) is 9.95. The van der Waals surface area contributed by atoms with E-state index in [-0.39, 0.29) is 85.9 Å². The van der Waals surface area contributed by atoms with Crippen molar-refractivity contribution < 1.29 is 99.4 Å². The number of likely N-dealkylation sites (N-methyl/N-ethyl adjacent to an activating group) is 1. The lowest BCUT2D eigenvalue weighted by Gasteiger charge is -2.30. The number of nitrogens with zero attached hydrogens (tertiary/aromatic N) is 9. The average Bonchev–Trinajstić information content (AvgIpc) is 1.62. The molecule has 3 fully saturated rings. The van der Waals surface area contributed by atoms with Gasteiger partial charge in [0.2, 0.25) is 17.7 Å². The molecule has 6 amide bonds. The van der Waals surface area contributed by atoms with Crippen molar-refractivity contribution >= 4 is 124 Å². The highest BCUT2D eigenvalue weighted by Gasteiger charge is 2.55. The van der Waals surface area contributed by atoms with E-state index in [0.717, 1.165) is 17.6 Å². The molecular formula is C52H69FN16O20P2S2. The van der Waals surface area contributed by atoms with Crippen LogP contribution in [-0.4, -0.2) is 196 Å². The van der Waals surface area contributed by atoms with E-state index in [1.165, 1.54) is 47.9 Å². The van der Waals surface area contributed by atoms with Crippen molar-refractivity contribution in [3.63, 3.8) is 0 Å². The number of alkyl halides is 1. The maximum absolute atomic E-state index is 16.5. The summed E-state index contributed by atoms with van der Waals surface area (Å²) in [6.45, 7) is -6.55. The molecule has 3 aliphatic heterocycles. The smallest absolute Gasteiger partial charge is 0.481 e. The molecule has 41 heteroatoms. The van der Waals surface area contributed by atoms with Crippen LogP contribution in [-0.2, 0) is 96.0 Å². The highest BCUT2D eigenvalue weighted by Crippen LogP contribution is 2.55. The van der Waals surface area contributed by atoms with Crippen LogP contribution < -0.4 is 38.5 Å². The number of imidazole rings is 2. The first-order chi connectivity index (χ1) is 44.1. The number of ether oxygens (including phenoxy) is 5. The van der Waals surface area contributed by atoms with Crippen LogP contribution >= 0.6 is 13.4 Å². The van der Waals surface area contributed by atoms with Gasteiger partial charge in [-0.25, -0.2) is 48.7 Å². The summed E-state index contributed by atoms with van der Waals surface area (Å²) in [7, 11) is 1.36. The molecule has 1 aromatic carbocycles. The summed E-state index contributed by atoms with van der Waals surface area (Å²) in [5.74, 6) is -5.45. The summed E-state index contributed by atoms with van der Waals surface area (Å²) in [6.07, 6.45) is -11.0. The highest BCUT2D eigenvalue weighted by molar-refractivity contribution is 8.07. The fourth-order valence-corrected chi connectivity index (χ4v) is 12.8. The maximum Gasteiger partial charge on any atom is 0.508 e. The topological polar surface area (TPSA) is 497 Å². The van der Waals surface area contributed by atoms with Crippen molar-refractivity contribution in [2.45, 2.75) is 115 Å². The number of carboxylic acid groups (broad SMARTS) is 1. The first-order valence-corrected chi connectivity index (χ1v) is 33.8. The quantitative estimate of drug-likeness (QED) is 0.0226. The number of amides is 6. The van der Waals surface area contributed by atoms with E-state index in [0.29, 0.717) is 11.3 Å². The van der Waals surface area contributed by atoms with E-state index in [1.807, 2.05) is 0 Å². The minimum Gasteiger partial charge on any atom is -0.481 e. The second kappa shape index (κ2) is 31.4. The number of anilines is 3. The lowest BCUT2D eigenvalue weighted by atomic mass is 9.89. The van der Waals surface area contributed by atoms with Crippen molar-refractivity contribution in [3.05, 3.63) is 55.1 Å². The van der Waals surface area contributed by atoms with Crippen LogP contribution in [0.1, 0.15) is 70.9 Å². The zero-order valence-corrected chi connectivity index (χ0v) is 53.6. The third-order valence-corrected chi connectivity index (χ3v) is 17.8. The van der Waals surface area contributed by atoms with E-state index >= 15 is 4.39 Å². The number of ketones is 1. The number of primary amides is 1. The fraction of sp³-hybridized carbons (Fsp3) is 0.538. The number of carbonyl (C=O) groups excluding carboxylic acids is 7.